The second-order valence-electron chi connectivity index (χ2n) is 5.77. The molecule has 120 valence electrons. The van der Waals surface area contributed by atoms with E-state index >= 15 is 0 Å². The molecular formula is C15H28IN5. The third-order valence-corrected chi connectivity index (χ3v) is 2.83. The van der Waals surface area contributed by atoms with Crippen molar-refractivity contribution >= 4 is 35.8 Å². The molecule has 3 N–H and O–H groups in total. The average Bonchev–Trinajstić information content (AvgIpc) is 2.37. The zero-order valence-corrected chi connectivity index (χ0v) is 16.0. The Morgan fingerprint density at radius 2 is 1.90 bits per heavy atom. The maximum atomic E-state index is 5.84. The molecule has 0 bridgehead atoms. The van der Waals surface area contributed by atoms with Gasteiger partial charge in [0.1, 0.15) is 5.82 Å². The van der Waals surface area contributed by atoms with Gasteiger partial charge in [0.2, 0.25) is 0 Å². The van der Waals surface area contributed by atoms with E-state index in [1.54, 1.807) is 0 Å². The zero-order chi connectivity index (χ0) is 15.2. The topological polar surface area (TPSA) is 66.5 Å². The van der Waals surface area contributed by atoms with E-state index in [2.05, 4.69) is 60.9 Å². The van der Waals surface area contributed by atoms with Crippen LogP contribution in [0.2, 0.25) is 0 Å². The first-order valence-electron chi connectivity index (χ1n) is 7.13. The molecule has 0 atom stereocenters. The van der Waals surface area contributed by atoms with Crippen LogP contribution < -0.4 is 16.0 Å². The highest BCUT2D eigenvalue weighted by atomic mass is 127. The number of halogens is 1. The molecule has 1 aromatic rings. The fourth-order valence-corrected chi connectivity index (χ4v) is 1.85. The summed E-state index contributed by atoms with van der Waals surface area (Å²) in [5, 5.41) is 3.14. The molecule has 1 aromatic heterocycles. The van der Waals surface area contributed by atoms with Gasteiger partial charge < -0.3 is 16.0 Å². The molecule has 0 aliphatic heterocycles. The average molecular weight is 405 g/mol. The number of rotatable bonds is 5. The van der Waals surface area contributed by atoms with Crippen molar-refractivity contribution in [1.82, 2.24) is 10.3 Å². The lowest BCUT2D eigenvalue weighted by molar-refractivity contribution is 0.508. The Morgan fingerprint density at radius 3 is 2.33 bits per heavy atom. The SMILES string of the molecule is CCN(CC)c1ccc(CN=C(N)NC(C)(C)C)cn1.I. The van der Waals surface area contributed by atoms with Gasteiger partial charge in [-0.05, 0) is 46.2 Å². The summed E-state index contributed by atoms with van der Waals surface area (Å²) in [4.78, 5) is 11.0. The van der Waals surface area contributed by atoms with Gasteiger partial charge >= 0.3 is 0 Å². The molecule has 5 nitrogen and oxygen atoms in total. The molecule has 0 unspecified atom stereocenters. The number of nitrogens with zero attached hydrogens (tertiary/aromatic N) is 3. The summed E-state index contributed by atoms with van der Waals surface area (Å²) >= 11 is 0. The summed E-state index contributed by atoms with van der Waals surface area (Å²) in [6, 6.07) is 4.08. The highest BCUT2D eigenvalue weighted by Crippen LogP contribution is 2.11. The quantitative estimate of drug-likeness (QED) is 0.449. The van der Waals surface area contributed by atoms with Gasteiger partial charge in [-0.15, -0.1) is 24.0 Å². The predicted molar refractivity (Wildman–Crippen MR) is 101 cm³/mol. The maximum absolute atomic E-state index is 5.84. The van der Waals surface area contributed by atoms with Gasteiger partial charge in [0.25, 0.3) is 0 Å². The number of hydrogen-bond acceptors (Lipinski definition) is 3. The Kier molecular flexibility index (Phi) is 8.61. The van der Waals surface area contributed by atoms with E-state index in [9.17, 15) is 0 Å². The zero-order valence-electron chi connectivity index (χ0n) is 13.7. The summed E-state index contributed by atoms with van der Waals surface area (Å²) < 4.78 is 0. The largest absolute Gasteiger partial charge is 0.370 e. The molecule has 1 rings (SSSR count). The van der Waals surface area contributed by atoms with Crippen LogP contribution in [-0.2, 0) is 6.54 Å². The minimum Gasteiger partial charge on any atom is -0.370 e. The molecule has 0 saturated carbocycles. The first-order chi connectivity index (χ1) is 9.35. The Hall–Kier alpha value is -1.05. The lowest BCUT2D eigenvalue weighted by Gasteiger charge is -2.21. The van der Waals surface area contributed by atoms with E-state index in [4.69, 9.17) is 5.73 Å². The minimum atomic E-state index is -0.0710. The van der Waals surface area contributed by atoms with E-state index in [0.29, 0.717) is 12.5 Å². The van der Waals surface area contributed by atoms with Crippen molar-refractivity contribution in [2.45, 2.75) is 46.7 Å². The van der Waals surface area contributed by atoms with Gasteiger partial charge in [0.15, 0.2) is 5.96 Å². The van der Waals surface area contributed by atoms with Crippen LogP contribution in [0.25, 0.3) is 0 Å². The molecule has 0 fully saturated rings. The molecule has 0 radical (unpaired) electrons. The summed E-state index contributed by atoms with van der Waals surface area (Å²) in [5.74, 6) is 1.47. The van der Waals surface area contributed by atoms with E-state index in [1.807, 2.05) is 12.3 Å². The molecule has 0 amide bonds. The normalized spacial score (nSPS) is 11.8. The summed E-state index contributed by atoms with van der Waals surface area (Å²) in [6.07, 6.45) is 1.86. The molecule has 0 aliphatic rings. The van der Waals surface area contributed by atoms with Gasteiger partial charge in [0.05, 0.1) is 6.54 Å². The van der Waals surface area contributed by atoms with E-state index in [1.165, 1.54) is 0 Å². The summed E-state index contributed by atoms with van der Waals surface area (Å²) in [7, 11) is 0. The molecule has 6 heteroatoms. The van der Waals surface area contributed by atoms with Gasteiger partial charge in [-0.1, -0.05) is 6.07 Å². The Bertz CT molecular complexity index is 432. The van der Waals surface area contributed by atoms with Crippen molar-refractivity contribution in [2.24, 2.45) is 10.7 Å². The number of guanidine groups is 1. The Labute approximate surface area is 145 Å². The van der Waals surface area contributed by atoms with E-state index < -0.39 is 0 Å². The number of anilines is 1. The molecule has 0 saturated heterocycles. The molecule has 0 aliphatic carbocycles. The fraction of sp³-hybridized carbons (Fsp3) is 0.600. The van der Waals surface area contributed by atoms with Crippen LogP contribution in [0, 0.1) is 0 Å². The first-order valence-corrected chi connectivity index (χ1v) is 7.13. The smallest absolute Gasteiger partial charge is 0.189 e. The number of nitrogens with two attached hydrogens (primary N) is 1. The van der Waals surface area contributed by atoms with E-state index in [0.717, 1.165) is 24.5 Å². The predicted octanol–water partition coefficient (Wildman–Crippen LogP) is 2.75. The van der Waals surface area contributed by atoms with Crippen LogP contribution in [0.4, 0.5) is 5.82 Å². The highest BCUT2D eigenvalue weighted by molar-refractivity contribution is 14.0. The van der Waals surface area contributed by atoms with Gasteiger partial charge in [-0.3, -0.25) is 0 Å². The minimum absolute atomic E-state index is 0. The third-order valence-electron chi connectivity index (χ3n) is 2.83. The Balaban J connectivity index is 0.00000400. The molecule has 1 heterocycles. The van der Waals surface area contributed by atoms with Crippen molar-refractivity contribution in [3.8, 4) is 0 Å². The summed E-state index contributed by atoms with van der Waals surface area (Å²) in [6.45, 7) is 12.9. The van der Waals surface area contributed by atoms with Crippen LogP contribution in [0.5, 0.6) is 0 Å². The summed E-state index contributed by atoms with van der Waals surface area (Å²) in [5.41, 5.74) is 6.82. The van der Waals surface area contributed by atoms with Crippen molar-refractivity contribution in [3.05, 3.63) is 23.9 Å². The van der Waals surface area contributed by atoms with Crippen LogP contribution >= 0.6 is 24.0 Å². The van der Waals surface area contributed by atoms with Crippen LogP contribution in [0.1, 0.15) is 40.2 Å². The van der Waals surface area contributed by atoms with E-state index in [-0.39, 0.29) is 29.5 Å². The number of aromatic nitrogens is 1. The number of aliphatic imine (C=N–C) groups is 1. The second-order valence-corrected chi connectivity index (χ2v) is 5.77. The van der Waals surface area contributed by atoms with Crippen molar-refractivity contribution in [3.63, 3.8) is 0 Å². The third kappa shape index (κ3) is 7.50. The lowest BCUT2D eigenvalue weighted by Crippen LogP contribution is -2.44. The maximum Gasteiger partial charge on any atom is 0.189 e. The molecule has 21 heavy (non-hydrogen) atoms. The number of nitrogens with one attached hydrogen (secondary N) is 1. The molecule has 0 aromatic carbocycles. The standard InChI is InChI=1S/C15H27N5.HI/c1-6-20(7-2)13-9-8-12(10-17-13)11-18-14(16)19-15(3,4)5;/h8-10H,6-7,11H2,1-5H3,(H3,16,18,19);1H. The number of hydrogen-bond donors (Lipinski definition) is 2. The first kappa shape index (κ1) is 19.9. The van der Waals surface area contributed by atoms with Gasteiger partial charge in [0, 0.05) is 24.8 Å². The molecular weight excluding hydrogens is 377 g/mol. The Morgan fingerprint density at radius 1 is 1.29 bits per heavy atom. The van der Waals surface area contributed by atoms with Crippen LogP contribution in [0.15, 0.2) is 23.3 Å². The van der Waals surface area contributed by atoms with Crippen molar-refractivity contribution in [2.75, 3.05) is 18.0 Å². The lowest BCUT2D eigenvalue weighted by atomic mass is 10.1. The molecule has 0 spiro atoms. The van der Waals surface area contributed by atoms with Crippen LogP contribution in [0.3, 0.4) is 0 Å². The van der Waals surface area contributed by atoms with Crippen molar-refractivity contribution in [1.29, 1.82) is 0 Å². The number of pyridine rings is 1. The fourth-order valence-electron chi connectivity index (χ4n) is 1.85. The van der Waals surface area contributed by atoms with Crippen molar-refractivity contribution < 1.29 is 0 Å². The monoisotopic (exact) mass is 405 g/mol. The highest BCUT2D eigenvalue weighted by Gasteiger charge is 2.09. The van der Waals surface area contributed by atoms with Gasteiger partial charge in [-0.2, -0.15) is 0 Å². The van der Waals surface area contributed by atoms with Gasteiger partial charge in [-0.25, -0.2) is 9.98 Å². The second kappa shape index (κ2) is 9.07. The van der Waals surface area contributed by atoms with Crippen LogP contribution in [-0.4, -0.2) is 29.6 Å².